The van der Waals surface area contributed by atoms with Crippen molar-refractivity contribution in [1.29, 1.82) is 0 Å². The first-order valence-electron chi connectivity index (χ1n) is 2.88. The molecule has 1 nitrogen and oxygen atoms in total. The predicted octanol–water partition coefficient (Wildman–Crippen LogP) is 2.51. The van der Waals surface area contributed by atoms with Gasteiger partial charge in [-0.25, -0.2) is 0 Å². The number of hydrogen-bond acceptors (Lipinski definition) is 1. The molecule has 2 heterocycles. The van der Waals surface area contributed by atoms with Gasteiger partial charge in [0.15, 0.2) is 0 Å². The third-order valence-electron chi connectivity index (χ3n) is 1.66. The molecule has 0 spiro atoms. The Morgan fingerprint density at radius 3 is 2.20 bits per heavy atom. The van der Waals surface area contributed by atoms with Gasteiger partial charge in [0, 0.05) is 0 Å². The summed E-state index contributed by atoms with van der Waals surface area (Å²) < 4.78 is 5.38. The highest BCUT2D eigenvalue weighted by atomic mass is 127. The van der Waals surface area contributed by atoms with Crippen LogP contribution in [0.2, 0.25) is 0 Å². The van der Waals surface area contributed by atoms with E-state index in [-0.39, 0.29) is 48.0 Å². The zero-order valence-electron chi connectivity index (χ0n) is 5.61. The average molecular weight is 364 g/mol. The van der Waals surface area contributed by atoms with Gasteiger partial charge in [-0.3, -0.25) is 0 Å². The minimum absolute atomic E-state index is 0. The lowest BCUT2D eigenvalue weighted by atomic mass is 10.1. The molecule has 3 heteroatoms. The fourth-order valence-corrected chi connectivity index (χ4v) is 1.18. The molecule has 2 bridgehead atoms. The summed E-state index contributed by atoms with van der Waals surface area (Å²) in [5, 5.41) is 0. The molecular formula is C7H10I2O. The maximum atomic E-state index is 5.38. The summed E-state index contributed by atoms with van der Waals surface area (Å²) in [5.41, 5.74) is 1.36. The minimum atomic E-state index is 0. The Balaban J connectivity index is 0.000000405. The van der Waals surface area contributed by atoms with Gasteiger partial charge < -0.3 is 4.74 Å². The average Bonchev–Trinajstić information content (AvgIpc) is 2.23. The summed E-state index contributed by atoms with van der Waals surface area (Å²) in [7, 11) is 0. The second-order valence-corrected chi connectivity index (χ2v) is 2.32. The molecule has 2 atom stereocenters. The van der Waals surface area contributed by atoms with Crippen molar-refractivity contribution >= 4 is 48.0 Å². The molecule has 2 unspecified atom stereocenters. The monoisotopic (exact) mass is 364 g/mol. The molecule has 0 saturated heterocycles. The summed E-state index contributed by atoms with van der Waals surface area (Å²) in [5.74, 6) is 0. The molecule has 0 radical (unpaired) electrons. The van der Waals surface area contributed by atoms with E-state index < -0.39 is 0 Å². The van der Waals surface area contributed by atoms with Crippen molar-refractivity contribution in [2.24, 2.45) is 0 Å². The molecule has 2 aliphatic rings. The van der Waals surface area contributed by atoms with E-state index in [4.69, 9.17) is 4.74 Å². The third kappa shape index (κ3) is 1.73. The smallest absolute Gasteiger partial charge is 0.0978 e. The normalized spacial score (nSPS) is 32.7. The Morgan fingerprint density at radius 2 is 2.00 bits per heavy atom. The third-order valence-corrected chi connectivity index (χ3v) is 1.66. The topological polar surface area (TPSA) is 9.23 Å². The van der Waals surface area contributed by atoms with Crippen molar-refractivity contribution in [2.45, 2.75) is 19.1 Å². The maximum Gasteiger partial charge on any atom is 0.0978 e. The van der Waals surface area contributed by atoms with Crippen LogP contribution in [0.3, 0.4) is 0 Å². The largest absolute Gasteiger partial charge is 0.358 e. The first-order valence-corrected chi connectivity index (χ1v) is 2.88. The van der Waals surface area contributed by atoms with Crippen LogP contribution in [-0.4, -0.2) is 12.2 Å². The van der Waals surface area contributed by atoms with E-state index in [9.17, 15) is 0 Å². The van der Waals surface area contributed by atoms with E-state index in [0.29, 0.717) is 12.2 Å². The van der Waals surface area contributed by atoms with Crippen LogP contribution in [0.1, 0.15) is 6.92 Å². The molecule has 0 aromatic carbocycles. The first-order chi connectivity index (χ1) is 3.86. The van der Waals surface area contributed by atoms with Crippen molar-refractivity contribution in [2.75, 3.05) is 0 Å². The van der Waals surface area contributed by atoms with Crippen LogP contribution in [0.4, 0.5) is 0 Å². The predicted molar refractivity (Wildman–Crippen MR) is 62.4 cm³/mol. The number of ether oxygens (including phenoxy) is 1. The molecule has 0 aromatic rings. The first kappa shape index (κ1) is 10.9. The maximum absolute atomic E-state index is 5.38. The standard InChI is InChI=1S/C7H8O.2HI/c1-5-4-6-2-3-7(5)8-6;;/h2-4,6-7H,1H3;2*1H. The van der Waals surface area contributed by atoms with Gasteiger partial charge in [-0.15, -0.1) is 48.0 Å². The number of hydrogen-bond donors (Lipinski definition) is 0. The molecule has 58 valence electrons. The molecule has 2 rings (SSSR count). The Kier molecular flexibility index (Phi) is 4.42. The molecule has 10 heavy (non-hydrogen) atoms. The highest BCUT2D eigenvalue weighted by Gasteiger charge is 2.25. The van der Waals surface area contributed by atoms with Gasteiger partial charge in [-0.05, 0) is 12.5 Å². The van der Waals surface area contributed by atoms with Gasteiger partial charge in [-0.1, -0.05) is 18.2 Å². The molecule has 0 saturated carbocycles. The Bertz CT molecular complexity index is 174. The van der Waals surface area contributed by atoms with Crippen LogP contribution < -0.4 is 0 Å². The van der Waals surface area contributed by atoms with Gasteiger partial charge in [0.2, 0.25) is 0 Å². The molecule has 0 amide bonds. The minimum Gasteiger partial charge on any atom is -0.358 e. The van der Waals surface area contributed by atoms with Crippen LogP contribution in [0.5, 0.6) is 0 Å². The highest BCUT2D eigenvalue weighted by molar-refractivity contribution is 14.0. The van der Waals surface area contributed by atoms with Gasteiger partial charge >= 0.3 is 0 Å². The number of halogens is 2. The van der Waals surface area contributed by atoms with Crippen molar-refractivity contribution in [3.8, 4) is 0 Å². The SMILES string of the molecule is CC1=CC2C=CC1O2.I.I. The quantitative estimate of drug-likeness (QED) is 0.474. The van der Waals surface area contributed by atoms with E-state index in [1.165, 1.54) is 5.57 Å². The Hall–Kier alpha value is 0.900. The molecule has 0 aromatic heterocycles. The Labute approximate surface area is 94.9 Å². The van der Waals surface area contributed by atoms with E-state index >= 15 is 0 Å². The fourth-order valence-electron chi connectivity index (χ4n) is 1.18. The van der Waals surface area contributed by atoms with Crippen molar-refractivity contribution in [3.63, 3.8) is 0 Å². The van der Waals surface area contributed by atoms with E-state index in [1.54, 1.807) is 0 Å². The molecule has 2 aliphatic heterocycles. The van der Waals surface area contributed by atoms with Crippen molar-refractivity contribution < 1.29 is 4.74 Å². The fraction of sp³-hybridized carbons (Fsp3) is 0.429. The van der Waals surface area contributed by atoms with Crippen LogP contribution in [-0.2, 0) is 4.74 Å². The lowest BCUT2D eigenvalue weighted by molar-refractivity contribution is 0.132. The van der Waals surface area contributed by atoms with E-state index in [1.807, 2.05) is 0 Å². The number of fused-ring (bicyclic) bond motifs is 2. The lowest BCUT2D eigenvalue weighted by Crippen LogP contribution is -2.00. The summed E-state index contributed by atoms with van der Waals surface area (Å²) in [6.07, 6.45) is 6.99. The van der Waals surface area contributed by atoms with Gasteiger partial charge in [-0.2, -0.15) is 0 Å². The molecular weight excluding hydrogens is 354 g/mol. The molecule has 0 N–H and O–H groups in total. The van der Waals surface area contributed by atoms with E-state index in [2.05, 4.69) is 25.2 Å². The van der Waals surface area contributed by atoms with Crippen molar-refractivity contribution in [1.82, 2.24) is 0 Å². The van der Waals surface area contributed by atoms with Crippen LogP contribution in [0.25, 0.3) is 0 Å². The molecule has 0 aliphatic carbocycles. The molecule has 0 fully saturated rings. The summed E-state index contributed by atoms with van der Waals surface area (Å²) in [6, 6.07) is 0. The van der Waals surface area contributed by atoms with Crippen LogP contribution in [0.15, 0.2) is 23.8 Å². The lowest BCUT2D eigenvalue weighted by Gasteiger charge is -1.99. The second-order valence-electron chi connectivity index (χ2n) is 2.32. The van der Waals surface area contributed by atoms with Gasteiger partial charge in [0.05, 0.1) is 12.2 Å². The van der Waals surface area contributed by atoms with Gasteiger partial charge in [0.1, 0.15) is 0 Å². The summed E-state index contributed by atoms with van der Waals surface area (Å²) in [6.45, 7) is 2.11. The zero-order valence-corrected chi connectivity index (χ0v) is 10.3. The highest BCUT2D eigenvalue weighted by Crippen LogP contribution is 2.26. The Morgan fingerprint density at radius 1 is 1.30 bits per heavy atom. The van der Waals surface area contributed by atoms with E-state index in [0.717, 1.165) is 0 Å². The second kappa shape index (κ2) is 4.06. The number of rotatable bonds is 0. The van der Waals surface area contributed by atoms with Crippen molar-refractivity contribution in [3.05, 3.63) is 23.8 Å². The summed E-state index contributed by atoms with van der Waals surface area (Å²) >= 11 is 0. The zero-order chi connectivity index (χ0) is 5.56. The van der Waals surface area contributed by atoms with Crippen LogP contribution >= 0.6 is 48.0 Å². The summed E-state index contributed by atoms with van der Waals surface area (Å²) in [4.78, 5) is 0. The van der Waals surface area contributed by atoms with Crippen LogP contribution in [0, 0.1) is 0 Å². The van der Waals surface area contributed by atoms with Gasteiger partial charge in [0.25, 0.3) is 0 Å².